The van der Waals surface area contributed by atoms with Crippen LogP contribution in [0.3, 0.4) is 0 Å². The summed E-state index contributed by atoms with van der Waals surface area (Å²) in [6.45, 7) is 0.474. The number of aliphatic hydroxyl groups excluding tert-OH is 3. The van der Waals surface area contributed by atoms with Crippen molar-refractivity contribution in [3.8, 4) is 22.6 Å². The predicted molar refractivity (Wildman–Crippen MR) is 156 cm³/mol. The summed E-state index contributed by atoms with van der Waals surface area (Å²) in [7, 11) is 1.46. The van der Waals surface area contributed by atoms with Crippen LogP contribution in [-0.4, -0.2) is 73.3 Å². The third-order valence-corrected chi connectivity index (χ3v) is 7.07. The molecule has 0 aliphatic heterocycles. The molecule has 0 radical (unpaired) electrons. The van der Waals surface area contributed by atoms with Crippen LogP contribution in [-0.2, 0) is 15.6 Å². The number of halogens is 1. The molecule has 0 aliphatic rings. The minimum absolute atomic E-state index is 0.0166. The monoisotopic (exact) mass is 593 g/mol. The van der Waals surface area contributed by atoms with Crippen LogP contribution in [0.4, 0.5) is 0 Å². The van der Waals surface area contributed by atoms with Crippen molar-refractivity contribution in [1.29, 1.82) is 0 Å². The highest BCUT2D eigenvalue weighted by atomic mass is 35.5. The van der Waals surface area contributed by atoms with E-state index in [1.165, 1.54) is 11.5 Å². The molecule has 0 spiro atoms. The summed E-state index contributed by atoms with van der Waals surface area (Å²) >= 11 is 9.86. The Bertz CT molecular complexity index is 1530. The molecule has 5 rings (SSSR count). The smallest absolute Gasteiger partial charge is 0.287 e. The molecule has 0 saturated carbocycles. The van der Waals surface area contributed by atoms with E-state index >= 15 is 0 Å². The van der Waals surface area contributed by atoms with Crippen LogP contribution in [0, 0.1) is 0 Å². The van der Waals surface area contributed by atoms with Crippen molar-refractivity contribution in [2.24, 2.45) is 0 Å². The predicted octanol–water partition coefficient (Wildman–Crippen LogP) is 3.76. The van der Waals surface area contributed by atoms with Gasteiger partial charge in [0.15, 0.2) is 11.2 Å². The van der Waals surface area contributed by atoms with E-state index in [1.807, 2.05) is 42.5 Å². The summed E-state index contributed by atoms with van der Waals surface area (Å²) in [6, 6.07) is 16.9. The van der Waals surface area contributed by atoms with Crippen LogP contribution in [0.1, 0.15) is 0 Å². The molecule has 1 atom stereocenters. The van der Waals surface area contributed by atoms with Gasteiger partial charge in [-0.05, 0) is 29.8 Å². The topological polar surface area (TPSA) is 147 Å². The quantitative estimate of drug-likeness (QED) is 0.135. The van der Waals surface area contributed by atoms with Crippen LogP contribution in [0.25, 0.3) is 39.6 Å². The summed E-state index contributed by atoms with van der Waals surface area (Å²) in [4.78, 5) is 25.5. The Labute approximate surface area is 235 Å². The van der Waals surface area contributed by atoms with E-state index in [9.17, 15) is 9.90 Å². The molecule has 0 amide bonds. The van der Waals surface area contributed by atoms with Gasteiger partial charge in [-0.3, -0.25) is 4.79 Å². The third-order valence-electron chi connectivity index (χ3n) is 5.27. The zero-order chi connectivity index (χ0) is 28.4. The SMILES string of the molecule is CO.COP(S)OCCO.O=c1c2nc(-c3ccc(Cl)cc3)n(CCO)c2nc2[nH]c(-c3ccccc3)cn12. The summed E-state index contributed by atoms with van der Waals surface area (Å²) in [6.07, 6.45) is 1.73. The van der Waals surface area contributed by atoms with Crippen molar-refractivity contribution in [2.75, 3.05) is 34.0 Å². The number of imidazole rings is 2. The van der Waals surface area contributed by atoms with Gasteiger partial charge in [0.2, 0.25) is 13.4 Å². The van der Waals surface area contributed by atoms with Crippen LogP contribution in [0.2, 0.25) is 5.02 Å². The van der Waals surface area contributed by atoms with Crippen molar-refractivity contribution in [3.63, 3.8) is 0 Å². The maximum Gasteiger partial charge on any atom is 0.287 e. The Kier molecular flexibility index (Phi) is 11.9. The van der Waals surface area contributed by atoms with Gasteiger partial charge < -0.3 is 33.9 Å². The molecule has 14 heteroatoms. The highest BCUT2D eigenvalue weighted by Crippen LogP contribution is 2.41. The molecule has 39 heavy (non-hydrogen) atoms. The number of H-pyrrole nitrogens is 1. The molecule has 11 nitrogen and oxygen atoms in total. The van der Waals surface area contributed by atoms with E-state index in [2.05, 4.69) is 31.7 Å². The largest absolute Gasteiger partial charge is 0.400 e. The minimum atomic E-state index is -1.05. The van der Waals surface area contributed by atoms with Crippen molar-refractivity contribution >= 4 is 48.4 Å². The highest BCUT2D eigenvalue weighted by Gasteiger charge is 2.19. The molecule has 4 N–H and O–H groups in total. The van der Waals surface area contributed by atoms with Crippen LogP contribution < -0.4 is 5.56 Å². The normalized spacial score (nSPS) is 11.6. The van der Waals surface area contributed by atoms with Crippen LogP contribution >= 0.6 is 31.4 Å². The Morgan fingerprint density at radius 2 is 1.72 bits per heavy atom. The lowest BCUT2D eigenvalue weighted by Gasteiger charge is -2.06. The molecular weight excluding hydrogens is 565 g/mol. The van der Waals surface area contributed by atoms with Gasteiger partial charge in [0.05, 0.1) is 25.5 Å². The van der Waals surface area contributed by atoms with Crippen molar-refractivity contribution in [2.45, 2.75) is 6.54 Å². The molecule has 5 aromatic rings. The molecule has 208 valence electrons. The first-order valence-corrected chi connectivity index (χ1v) is 14.3. The van der Waals surface area contributed by atoms with E-state index in [-0.39, 0.29) is 30.8 Å². The Morgan fingerprint density at radius 1 is 1.03 bits per heavy atom. The number of hydrogen-bond acceptors (Lipinski definition) is 9. The molecule has 1 unspecified atom stereocenters. The van der Waals surface area contributed by atoms with E-state index in [0.29, 0.717) is 28.9 Å². The maximum absolute atomic E-state index is 13.1. The fourth-order valence-electron chi connectivity index (χ4n) is 3.62. The second-order valence-electron chi connectivity index (χ2n) is 7.61. The lowest BCUT2D eigenvalue weighted by molar-refractivity contribution is 0.200. The number of rotatable bonds is 8. The number of thiol groups is 1. The van der Waals surface area contributed by atoms with Gasteiger partial charge in [0.1, 0.15) is 5.82 Å². The van der Waals surface area contributed by atoms with Gasteiger partial charge in [0.25, 0.3) is 5.56 Å². The fourth-order valence-corrected chi connectivity index (χ4v) is 4.34. The molecule has 0 aliphatic carbocycles. The molecule has 0 saturated heterocycles. The lowest BCUT2D eigenvalue weighted by atomic mass is 10.2. The molecule has 2 aromatic carbocycles. The van der Waals surface area contributed by atoms with E-state index < -0.39 is 7.58 Å². The second-order valence-corrected chi connectivity index (χ2v) is 10.1. The van der Waals surface area contributed by atoms with Gasteiger partial charge in [-0.2, -0.15) is 4.98 Å². The minimum Gasteiger partial charge on any atom is -0.400 e. The van der Waals surface area contributed by atoms with Gasteiger partial charge in [-0.15, -0.1) is 0 Å². The van der Waals surface area contributed by atoms with E-state index in [4.69, 9.17) is 26.3 Å². The van der Waals surface area contributed by atoms with Crippen molar-refractivity contribution in [3.05, 3.63) is 76.2 Å². The van der Waals surface area contributed by atoms with E-state index in [1.54, 1.807) is 22.9 Å². The van der Waals surface area contributed by atoms with Crippen molar-refractivity contribution in [1.82, 2.24) is 23.9 Å². The average Bonchev–Trinajstić information content (AvgIpc) is 3.57. The Balaban J connectivity index is 0.000000364. The summed E-state index contributed by atoms with van der Waals surface area (Å²) in [5.74, 6) is 0.981. The number of aliphatic hydroxyl groups is 3. The van der Waals surface area contributed by atoms with Crippen LogP contribution in [0.15, 0.2) is 65.6 Å². The number of fused-ring (bicyclic) bond motifs is 2. The highest BCUT2D eigenvalue weighted by molar-refractivity contribution is 8.41. The first kappa shape index (κ1) is 30.7. The zero-order valence-electron chi connectivity index (χ0n) is 21.2. The van der Waals surface area contributed by atoms with Gasteiger partial charge >= 0.3 is 0 Å². The van der Waals surface area contributed by atoms with Gasteiger partial charge in [-0.25, -0.2) is 9.38 Å². The number of nitrogens with one attached hydrogen (secondary N) is 1. The molecule has 0 bridgehead atoms. The second kappa shape index (κ2) is 15.1. The molecule has 3 aromatic heterocycles. The molecular formula is C25H29ClN5O6PS. The fraction of sp³-hybridized carbons (Fsp3) is 0.240. The standard InChI is InChI=1S/C21H16ClN5O2.C3H9O3PS.CH4O/c22-15-8-6-14(7-9-15)18-24-17-19(26(18)10-11-28)25-21-23-16(12-27(21)20(17)29)13-4-2-1-3-5-13;1-5-7(8)6-3-2-4;1-2/h1-9,12,28H,10-11H2,(H,23,25);4,8H,2-3H2,1H3;2H,1H3. The molecule has 3 heterocycles. The number of aromatic nitrogens is 5. The zero-order valence-corrected chi connectivity index (χ0v) is 23.8. The first-order chi connectivity index (χ1) is 19.0. The average molecular weight is 594 g/mol. The first-order valence-electron chi connectivity index (χ1n) is 11.6. The lowest BCUT2D eigenvalue weighted by Crippen LogP contribution is -2.14. The third kappa shape index (κ3) is 7.44. The maximum atomic E-state index is 13.1. The van der Waals surface area contributed by atoms with Gasteiger partial charge in [0, 0.05) is 37.5 Å². The Hall–Kier alpha value is -2.80. The van der Waals surface area contributed by atoms with Crippen molar-refractivity contribution < 1.29 is 24.4 Å². The summed E-state index contributed by atoms with van der Waals surface area (Å²) in [5, 5.41) is 25.4. The number of aromatic amines is 1. The molecule has 0 fully saturated rings. The number of nitrogens with zero attached hydrogens (tertiary/aromatic N) is 4. The van der Waals surface area contributed by atoms with E-state index in [0.717, 1.165) is 23.9 Å². The Morgan fingerprint density at radius 3 is 2.33 bits per heavy atom. The summed E-state index contributed by atoms with van der Waals surface area (Å²) in [5.41, 5.74) is 2.94. The van der Waals surface area contributed by atoms with Crippen LogP contribution in [0.5, 0.6) is 0 Å². The summed E-state index contributed by atoms with van der Waals surface area (Å²) < 4.78 is 12.7. The number of benzene rings is 2. The van der Waals surface area contributed by atoms with Gasteiger partial charge in [-0.1, -0.05) is 54.2 Å². The number of hydrogen-bond donors (Lipinski definition) is 5.